The number of anilines is 1. The lowest BCUT2D eigenvalue weighted by molar-refractivity contribution is -0.116. The third-order valence-electron chi connectivity index (χ3n) is 4.70. The summed E-state index contributed by atoms with van der Waals surface area (Å²) in [7, 11) is -6.29. The number of benzene rings is 1. The van der Waals surface area contributed by atoms with E-state index in [1.54, 1.807) is 0 Å². The normalized spacial score (nSPS) is 24.0. The van der Waals surface area contributed by atoms with Crippen LogP contribution < -0.4 is 9.04 Å². The molecule has 8 nitrogen and oxygen atoms in total. The van der Waals surface area contributed by atoms with E-state index in [0.29, 0.717) is 17.4 Å². The summed E-state index contributed by atoms with van der Waals surface area (Å²) in [5, 5.41) is 0. The molecule has 1 amide bonds. The highest BCUT2D eigenvalue weighted by Gasteiger charge is 2.38. The molecule has 0 spiro atoms. The van der Waals surface area contributed by atoms with Crippen molar-refractivity contribution in [1.82, 2.24) is 4.31 Å². The minimum atomic E-state index is -3.87. The maximum absolute atomic E-state index is 13.1. The van der Waals surface area contributed by atoms with Crippen LogP contribution in [0, 0.1) is 5.92 Å². The summed E-state index contributed by atoms with van der Waals surface area (Å²) in [5.41, 5.74) is 0.0249. The second kappa shape index (κ2) is 6.82. The molecule has 2 aliphatic heterocycles. The van der Waals surface area contributed by atoms with E-state index in [2.05, 4.69) is 0 Å². The van der Waals surface area contributed by atoms with Crippen LogP contribution >= 0.6 is 0 Å². The molecule has 0 bridgehead atoms. The molecule has 2 aliphatic rings. The molecule has 1 aromatic carbocycles. The Morgan fingerprint density at radius 1 is 1.27 bits per heavy atom. The van der Waals surface area contributed by atoms with Crippen molar-refractivity contribution in [3.8, 4) is 5.75 Å². The van der Waals surface area contributed by atoms with Gasteiger partial charge in [-0.1, -0.05) is 6.92 Å². The lowest BCUT2D eigenvalue weighted by Gasteiger charge is -2.30. The van der Waals surface area contributed by atoms with Crippen LogP contribution in [-0.4, -0.2) is 53.0 Å². The van der Waals surface area contributed by atoms with Crippen LogP contribution in [0.4, 0.5) is 5.69 Å². The molecule has 2 fully saturated rings. The molecule has 0 aromatic heterocycles. The Morgan fingerprint density at radius 2 is 2.00 bits per heavy atom. The molecule has 10 heteroatoms. The molecule has 1 atom stereocenters. The van der Waals surface area contributed by atoms with Crippen molar-refractivity contribution in [2.45, 2.75) is 31.1 Å². The Morgan fingerprint density at radius 3 is 2.58 bits per heavy atom. The van der Waals surface area contributed by atoms with Gasteiger partial charge in [0.25, 0.3) is 0 Å². The quantitative estimate of drug-likeness (QED) is 0.750. The van der Waals surface area contributed by atoms with Gasteiger partial charge in [-0.05, 0) is 37.0 Å². The fourth-order valence-corrected chi connectivity index (χ4v) is 6.59. The monoisotopic (exact) mass is 402 g/mol. The van der Waals surface area contributed by atoms with Gasteiger partial charge >= 0.3 is 0 Å². The zero-order valence-corrected chi connectivity index (χ0v) is 16.3. The molecule has 0 saturated carbocycles. The summed E-state index contributed by atoms with van der Waals surface area (Å²) in [5.74, 6) is -0.474. The van der Waals surface area contributed by atoms with Crippen LogP contribution in [0.2, 0.25) is 0 Å². The standard InChI is InChI=1S/C16H22N2O6S2/c1-12-4-3-8-17(11-12)26(22,23)15-10-13(5-6-14(15)24-2)18-16(19)7-9-25(18,20)21/h5-6,10,12H,3-4,7-9,11H2,1-2H3. The van der Waals surface area contributed by atoms with Crippen LogP contribution in [0.3, 0.4) is 0 Å². The Balaban J connectivity index is 2.08. The summed E-state index contributed by atoms with van der Waals surface area (Å²) < 4.78 is 57.8. The van der Waals surface area contributed by atoms with E-state index >= 15 is 0 Å². The summed E-state index contributed by atoms with van der Waals surface area (Å²) in [6.07, 6.45) is 1.62. The topological polar surface area (TPSA) is 101 Å². The zero-order valence-electron chi connectivity index (χ0n) is 14.7. The fourth-order valence-electron chi connectivity index (χ4n) is 3.37. The van der Waals surface area contributed by atoms with E-state index in [1.165, 1.54) is 29.6 Å². The van der Waals surface area contributed by atoms with E-state index in [9.17, 15) is 21.6 Å². The predicted molar refractivity (Wildman–Crippen MR) is 96.0 cm³/mol. The van der Waals surface area contributed by atoms with Gasteiger partial charge in [-0.2, -0.15) is 4.31 Å². The van der Waals surface area contributed by atoms with E-state index in [4.69, 9.17) is 4.74 Å². The first-order valence-corrected chi connectivity index (χ1v) is 11.5. The minimum Gasteiger partial charge on any atom is -0.495 e. The smallest absolute Gasteiger partial charge is 0.246 e. The average molecular weight is 402 g/mol. The Hall–Kier alpha value is -1.65. The van der Waals surface area contributed by atoms with Crippen LogP contribution in [-0.2, 0) is 24.8 Å². The van der Waals surface area contributed by atoms with Crippen molar-refractivity contribution < 1.29 is 26.4 Å². The van der Waals surface area contributed by atoms with E-state index < -0.39 is 26.0 Å². The number of amides is 1. The highest BCUT2D eigenvalue weighted by molar-refractivity contribution is 7.94. The minimum absolute atomic E-state index is 0.0249. The second-order valence-corrected chi connectivity index (χ2v) is 10.5. The number of carbonyl (C=O) groups is 1. The predicted octanol–water partition coefficient (Wildman–Crippen LogP) is 1.18. The molecule has 3 rings (SSSR count). The van der Waals surface area contributed by atoms with Gasteiger partial charge in [-0.3, -0.25) is 4.79 Å². The Bertz CT molecular complexity index is 926. The zero-order chi connectivity index (χ0) is 19.1. The summed E-state index contributed by atoms with van der Waals surface area (Å²) in [4.78, 5) is 11.9. The molecule has 0 radical (unpaired) electrons. The lowest BCUT2D eigenvalue weighted by Crippen LogP contribution is -2.39. The van der Waals surface area contributed by atoms with Gasteiger partial charge < -0.3 is 4.74 Å². The maximum Gasteiger partial charge on any atom is 0.246 e. The molecule has 1 aromatic rings. The molecule has 26 heavy (non-hydrogen) atoms. The molecule has 144 valence electrons. The fraction of sp³-hybridized carbons (Fsp3) is 0.562. The third-order valence-corrected chi connectivity index (χ3v) is 8.28. The number of carbonyl (C=O) groups excluding carboxylic acids is 1. The van der Waals surface area contributed by atoms with Gasteiger partial charge in [-0.15, -0.1) is 0 Å². The number of methoxy groups -OCH3 is 1. The van der Waals surface area contributed by atoms with Gasteiger partial charge in [0, 0.05) is 19.5 Å². The molecule has 1 unspecified atom stereocenters. The highest BCUT2D eigenvalue weighted by Crippen LogP contribution is 2.35. The van der Waals surface area contributed by atoms with Crippen LogP contribution in [0.1, 0.15) is 26.2 Å². The van der Waals surface area contributed by atoms with Crippen molar-refractivity contribution >= 4 is 31.6 Å². The van der Waals surface area contributed by atoms with Crippen molar-refractivity contribution in [2.75, 3.05) is 30.3 Å². The largest absolute Gasteiger partial charge is 0.495 e. The van der Waals surface area contributed by atoms with E-state index in [-0.39, 0.29) is 34.4 Å². The number of nitrogens with zero attached hydrogens (tertiary/aromatic N) is 2. The summed E-state index contributed by atoms with van der Waals surface area (Å²) in [6, 6.07) is 3.99. The van der Waals surface area contributed by atoms with Crippen LogP contribution in [0.15, 0.2) is 23.1 Å². The number of piperidine rings is 1. The van der Waals surface area contributed by atoms with Gasteiger partial charge in [0.05, 0.1) is 18.6 Å². The molecular weight excluding hydrogens is 380 g/mol. The summed E-state index contributed by atoms with van der Waals surface area (Å²) >= 11 is 0. The third kappa shape index (κ3) is 3.33. The number of rotatable bonds is 4. The summed E-state index contributed by atoms with van der Waals surface area (Å²) in [6.45, 7) is 2.79. The van der Waals surface area contributed by atoms with E-state index in [1.807, 2.05) is 6.92 Å². The number of hydrogen-bond donors (Lipinski definition) is 0. The van der Waals surface area contributed by atoms with Crippen molar-refractivity contribution in [2.24, 2.45) is 5.92 Å². The van der Waals surface area contributed by atoms with Gasteiger partial charge in [-0.25, -0.2) is 21.1 Å². The average Bonchev–Trinajstić information content (AvgIpc) is 2.87. The van der Waals surface area contributed by atoms with E-state index in [0.717, 1.165) is 12.8 Å². The van der Waals surface area contributed by atoms with Gasteiger partial charge in [0.1, 0.15) is 10.6 Å². The number of sulfonamides is 2. The highest BCUT2D eigenvalue weighted by atomic mass is 32.2. The van der Waals surface area contributed by atoms with Crippen LogP contribution in [0.25, 0.3) is 0 Å². The molecule has 0 N–H and O–H groups in total. The molecule has 2 saturated heterocycles. The van der Waals surface area contributed by atoms with Crippen molar-refractivity contribution in [3.63, 3.8) is 0 Å². The number of ether oxygens (including phenoxy) is 1. The second-order valence-electron chi connectivity index (χ2n) is 6.67. The molecule has 0 aliphatic carbocycles. The van der Waals surface area contributed by atoms with Gasteiger partial charge in [0.15, 0.2) is 0 Å². The first-order valence-electron chi connectivity index (χ1n) is 8.41. The first-order chi connectivity index (χ1) is 12.2. The lowest BCUT2D eigenvalue weighted by atomic mass is 10.0. The SMILES string of the molecule is COc1ccc(N2C(=O)CCS2(=O)=O)cc1S(=O)(=O)N1CCCC(C)C1. The Labute approximate surface area is 153 Å². The maximum atomic E-state index is 13.1. The van der Waals surface area contributed by atoms with Crippen molar-refractivity contribution in [3.05, 3.63) is 18.2 Å². The molecule has 2 heterocycles. The van der Waals surface area contributed by atoms with Crippen molar-refractivity contribution in [1.29, 1.82) is 0 Å². The van der Waals surface area contributed by atoms with Gasteiger partial charge in [0.2, 0.25) is 26.0 Å². The van der Waals surface area contributed by atoms with Crippen LogP contribution in [0.5, 0.6) is 5.75 Å². The Kier molecular flexibility index (Phi) is 5.02. The molecular formula is C16H22N2O6S2. The first kappa shape index (κ1) is 19.1. The number of hydrogen-bond acceptors (Lipinski definition) is 6.